The molecule has 0 spiro atoms. The van der Waals surface area contributed by atoms with Gasteiger partial charge in [-0.2, -0.15) is 4.98 Å². The Kier molecular flexibility index (Phi) is 4.36. The van der Waals surface area contributed by atoms with E-state index in [1.54, 1.807) is 47.6 Å². The fourth-order valence-electron chi connectivity index (χ4n) is 3.53. The van der Waals surface area contributed by atoms with Crippen molar-refractivity contribution in [1.29, 1.82) is 0 Å². The van der Waals surface area contributed by atoms with Crippen LogP contribution in [0.1, 0.15) is 18.5 Å². The van der Waals surface area contributed by atoms with Crippen LogP contribution in [0.2, 0.25) is 0 Å². The Hall–Kier alpha value is -4.20. The van der Waals surface area contributed by atoms with Crippen molar-refractivity contribution < 1.29 is 9.21 Å². The number of allylic oxidation sites excluding steroid dienone is 1. The zero-order valence-corrected chi connectivity index (χ0v) is 16.1. The summed E-state index contributed by atoms with van der Waals surface area (Å²) in [5.41, 5.74) is 2.80. The van der Waals surface area contributed by atoms with Crippen molar-refractivity contribution in [3.8, 4) is 11.6 Å². The standard InChI is InChI=1S/C22H18N6O2/c1-14-18(21(29)25-16-9-5-11-23-13-16)19(15-7-3-2-4-8-15)28-22(24-14)26-20(27-28)17-10-6-12-30-17/h2-13,19H,1H3,(H,25,29)(H,24,26,27). The molecule has 8 heteroatoms. The van der Waals surface area contributed by atoms with Crippen molar-refractivity contribution in [1.82, 2.24) is 19.7 Å². The van der Waals surface area contributed by atoms with Gasteiger partial charge in [-0.15, -0.1) is 5.10 Å². The fraction of sp³-hybridized carbons (Fsp3) is 0.0909. The van der Waals surface area contributed by atoms with Gasteiger partial charge in [0.2, 0.25) is 11.8 Å². The first-order valence-electron chi connectivity index (χ1n) is 9.45. The van der Waals surface area contributed by atoms with Crippen LogP contribution in [0.15, 0.2) is 88.9 Å². The van der Waals surface area contributed by atoms with Crippen molar-refractivity contribution >= 4 is 17.5 Å². The molecular formula is C22H18N6O2. The van der Waals surface area contributed by atoms with Crippen LogP contribution in [0.25, 0.3) is 11.6 Å². The maximum atomic E-state index is 13.3. The predicted octanol–water partition coefficient (Wildman–Crippen LogP) is 3.86. The van der Waals surface area contributed by atoms with E-state index in [-0.39, 0.29) is 5.91 Å². The molecule has 1 aliphatic rings. The van der Waals surface area contributed by atoms with Crippen LogP contribution >= 0.6 is 0 Å². The van der Waals surface area contributed by atoms with E-state index in [2.05, 4.69) is 25.7 Å². The lowest BCUT2D eigenvalue weighted by atomic mass is 9.95. The molecule has 1 amide bonds. The molecular weight excluding hydrogens is 380 g/mol. The number of benzene rings is 1. The first kappa shape index (κ1) is 17.9. The summed E-state index contributed by atoms with van der Waals surface area (Å²) in [5, 5.41) is 10.8. The minimum absolute atomic E-state index is 0.234. The summed E-state index contributed by atoms with van der Waals surface area (Å²) in [4.78, 5) is 21.9. The number of fused-ring (bicyclic) bond motifs is 1. The van der Waals surface area contributed by atoms with Gasteiger partial charge < -0.3 is 15.1 Å². The van der Waals surface area contributed by atoms with Crippen LogP contribution in [0.5, 0.6) is 0 Å². The number of nitrogens with one attached hydrogen (secondary N) is 2. The summed E-state index contributed by atoms with van der Waals surface area (Å²) in [6.45, 7) is 1.86. The minimum atomic E-state index is -0.449. The smallest absolute Gasteiger partial charge is 0.255 e. The Bertz CT molecular complexity index is 1210. The van der Waals surface area contributed by atoms with E-state index < -0.39 is 6.04 Å². The number of rotatable bonds is 4. The number of nitrogens with zero attached hydrogens (tertiary/aromatic N) is 4. The summed E-state index contributed by atoms with van der Waals surface area (Å²) in [6.07, 6.45) is 4.85. The molecule has 0 radical (unpaired) electrons. The number of amides is 1. The zero-order chi connectivity index (χ0) is 20.5. The van der Waals surface area contributed by atoms with Crippen molar-refractivity contribution in [3.63, 3.8) is 0 Å². The van der Waals surface area contributed by atoms with Crippen LogP contribution in [0.4, 0.5) is 11.6 Å². The number of anilines is 2. The van der Waals surface area contributed by atoms with E-state index in [4.69, 9.17) is 4.42 Å². The zero-order valence-electron chi connectivity index (χ0n) is 16.1. The van der Waals surface area contributed by atoms with E-state index in [0.29, 0.717) is 34.5 Å². The molecule has 0 aliphatic carbocycles. The van der Waals surface area contributed by atoms with Gasteiger partial charge in [0.25, 0.3) is 5.91 Å². The lowest BCUT2D eigenvalue weighted by Crippen LogP contribution is -2.31. The quantitative estimate of drug-likeness (QED) is 0.542. The fourth-order valence-corrected chi connectivity index (χ4v) is 3.53. The minimum Gasteiger partial charge on any atom is -0.461 e. The first-order chi connectivity index (χ1) is 14.7. The molecule has 3 aromatic heterocycles. The Morgan fingerprint density at radius 2 is 2.00 bits per heavy atom. The maximum absolute atomic E-state index is 13.3. The molecule has 4 heterocycles. The number of hydrogen-bond acceptors (Lipinski definition) is 6. The highest BCUT2D eigenvalue weighted by molar-refractivity contribution is 6.05. The molecule has 30 heavy (non-hydrogen) atoms. The Morgan fingerprint density at radius 3 is 2.73 bits per heavy atom. The molecule has 1 aromatic carbocycles. The van der Waals surface area contributed by atoms with E-state index in [0.717, 1.165) is 5.56 Å². The van der Waals surface area contributed by atoms with Gasteiger partial charge in [0, 0.05) is 11.9 Å². The van der Waals surface area contributed by atoms with Crippen molar-refractivity contribution in [2.75, 3.05) is 10.6 Å². The highest BCUT2D eigenvalue weighted by Crippen LogP contribution is 2.36. The Labute approximate surface area is 172 Å². The molecule has 2 N–H and O–H groups in total. The molecule has 8 nitrogen and oxygen atoms in total. The largest absolute Gasteiger partial charge is 0.461 e. The van der Waals surface area contributed by atoms with E-state index in [1.807, 2.05) is 37.3 Å². The average molecular weight is 398 g/mol. The van der Waals surface area contributed by atoms with Crippen LogP contribution in [-0.2, 0) is 4.79 Å². The molecule has 1 atom stereocenters. The Morgan fingerprint density at radius 1 is 1.13 bits per heavy atom. The molecule has 4 aromatic rings. The number of furan rings is 1. The van der Waals surface area contributed by atoms with E-state index in [1.165, 1.54) is 0 Å². The van der Waals surface area contributed by atoms with Crippen molar-refractivity contribution in [2.45, 2.75) is 13.0 Å². The second-order valence-electron chi connectivity index (χ2n) is 6.85. The molecule has 0 bridgehead atoms. The number of carbonyl (C=O) groups excluding carboxylic acids is 1. The van der Waals surface area contributed by atoms with Gasteiger partial charge in [0.15, 0.2) is 5.76 Å². The van der Waals surface area contributed by atoms with Gasteiger partial charge in [-0.05, 0) is 36.8 Å². The van der Waals surface area contributed by atoms with E-state index in [9.17, 15) is 4.79 Å². The first-order valence-corrected chi connectivity index (χ1v) is 9.45. The normalized spacial score (nSPS) is 15.4. The van der Waals surface area contributed by atoms with E-state index >= 15 is 0 Å². The summed E-state index contributed by atoms with van der Waals surface area (Å²) in [7, 11) is 0. The summed E-state index contributed by atoms with van der Waals surface area (Å²) < 4.78 is 7.17. The van der Waals surface area contributed by atoms with Crippen LogP contribution in [0, 0.1) is 0 Å². The molecule has 0 saturated carbocycles. The topological polar surface area (TPSA) is 97.9 Å². The van der Waals surface area contributed by atoms with Crippen LogP contribution in [-0.4, -0.2) is 25.7 Å². The predicted molar refractivity (Wildman–Crippen MR) is 111 cm³/mol. The van der Waals surface area contributed by atoms with Crippen LogP contribution in [0.3, 0.4) is 0 Å². The van der Waals surface area contributed by atoms with Gasteiger partial charge in [0.1, 0.15) is 6.04 Å². The number of carbonyl (C=O) groups is 1. The highest BCUT2D eigenvalue weighted by atomic mass is 16.3. The maximum Gasteiger partial charge on any atom is 0.255 e. The molecule has 5 rings (SSSR count). The molecule has 148 valence electrons. The second kappa shape index (κ2) is 7.32. The second-order valence-corrected chi connectivity index (χ2v) is 6.85. The van der Waals surface area contributed by atoms with Gasteiger partial charge in [0.05, 0.1) is 23.7 Å². The highest BCUT2D eigenvalue weighted by Gasteiger charge is 2.34. The van der Waals surface area contributed by atoms with Gasteiger partial charge in [-0.25, -0.2) is 4.68 Å². The molecule has 1 aliphatic heterocycles. The van der Waals surface area contributed by atoms with Gasteiger partial charge in [-0.1, -0.05) is 30.3 Å². The lowest BCUT2D eigenvalue weighted by Gasteiger charge is -2.28. The summed E-state index contributed by atoms with van der Waals surface area (Å²) in [6, 6.07) is 16.5. The van der Waals surface area contributed by atoms with Crippen LogP contribution < -0.4 is 10.6 Å². The lowest BCUT2D eigenvalue weighted by molar-refractivity contribution is -0.113. The number of aromatic nitrogens is 4. The monoisotopic (exact) mass is 398 g/mol. The molecule has 0 fully saturated rings. The summed E-state index contributed by atoms with van der Waals surface area (Å²) >= 11 is 0. The number of hydrogen-bond donors (Lipinski definition) is 2. The molecule has 1 unspecified atom stereocenters. The third-order valence-corrected chi connectivity index (χ3v) is 4.87. The third-order valence-electron chi connectivity index (χ3n) is 4.87. The molecule has 0 saturated heterocycles. The summed E-state index contributed by atoms with van der Waals surface area (Å²) in [5.74, 6) is 1.32. The van der Waals surface area contributed by atoms with Gasteiger partial charge >= 0.3 is 0 Å². The average Bonchev–Trinajstić information content (AvgIpc) is 3.44. The van der Waals surface area contributed by atoms with Crippen molar-refractivity contribution in [2.24, 2.45) is 0 Å². The van der Waals surface area contributed by atoms with Gasteiger partial charge in [-0.3, -0.25) is 9.78 Å². The van der Waals surface area contributed by atoms with Crippen molar-refractivity contribution in [3.05, 3.63) is 90.1 Å². The number of pyridine rings is 1. The third kappa shape index (κ3) is 3.14. The SMILES string of the molecule is CC1=C(C(=O)Nc2cccnc2)C(c2ccccc2)n2nc(-c3ccco3)nc2N1. The Balaban J connectivity index is 1.60.